The van der Waals surface area contributed by atoms with Gasteiger partial charge in [-0.15, -0.1) is 0 Å². The molecule has 0 aliphatic heterocycles. The maximum atomic E-state index is 13.3. The Bertz CT molecular complexity index is 728. The van der Waals surface area contributed by atoms with Gasteiger partial charge in [-0.2, -0.15) is 13.2 Å². The molecule has 1 heterocycles. The van der Waals surface area contributed by atoms with E-state index in [1.54, 1.807) is 0 Å². The van der Waals surface area contributed by atoms with Crippen LogP contribution >= 0.6 is 0 Å². The van der Waals surface area contributed by atoms with Gasteiger partial charge in [0, 0.05) is 6.54 Å². The number of rotatable bonds is 5. The van der Waals surface area contributed by atoms with Gasteiger partial charge in [-0.05, 0) is 30.2 Å². The zero-order valence-corrected chi connectivity index (χ0v) is 12.7. The van der Waals surface area contributed by atoms with Crippen LogP contribution in [0.1, 0.15) is 46.9 Å². The van der Waals surface area contributed by atoms with E-state index in [1.807, 2.05) is 6.92 Å². The standard InChI is InChI=1S/C15H15F4N3O2/c1-2-11(20)14-22-12(7-24-14)13(23)21-6-8-3-9(15(17,18)19)5-10(16)4-8/h3-5,7,11H,2,6,20H2,1H3,(H,21,23). The zero-order chi connectivity index (χ0) is 17.9. The highest BCUT2D eigenvalue weighted by Gasteiger charge is 2.31. The van der Waals surface area contributed by atoms with E-state index in [0.29, 0.717) is 12.5 Å². The van der Waals surface area contributed by atoms with Gasteiger partial charge >= 0.3 is 6.18 Å². The summed E-state index contributed by atoms with van der Waals surface area (Å²) in [4.78, 5) is 15.8. The molecule has 1 unspecified atom stereocenters. The number of nitrogens with one attached hydrogen (secondary N) is 1. The Balaban J connectivity index is 2.06. The summed E-state index contributed by atoms with van der Waals surface area (Å²) in [5.41, 5.74) is 4.51. The van der Waals surface area contributed by atoms with Gasteiger partial charge in [0.1, 0.15) is 12.1 Å². The number of nitrogens with two attached hydrogens (primary N) is 1. The first-order valence-corrected chi connectivity index (χ1v) is 7.06. The summed E-state index contributed by atoms with van der Waals surface area (Å²) >= 11 is 0. The largest absolute Gasteiger partial charge is 0.446 e. The number of amides is 1. The summed E-state index contributed by atoms with van der Waals surface area (Å²) in [7, 11) is 0. The Hall–Kier alpha value is -2.42. The number of carbonyl (C=O) groups excluding carboxylic acids is 1. The minimum Gasteiger partial charge on any atom is -0.446 e. The van der Waals surface area contributed by atoms with Gasteiger partial charge in [-0.3, -0.25) is 4.79 Å². The Morgan fingerprint density at radius 3 is 2.71 bits per heavy atom. The van der Waals surface area contributed by atoms with Gasteiger partial charge < -0.3 is 15.5 Å². The van der Waals surface area contributed by atoms with E-state index in [1.165, 1.54) is 0 Å². The van der Waals surface area contributed by atoms with Crippen molar-refractivity contribution in [2.75, 3.05) is 0 Å². The van der Waals surface area contributed by atoms with E-state index in [4.69, 9.17) is 10.2 Å². The fourth-order valence-corrected chi connectivity index (χ4v) is 1.93. The van der Waals surface area contributed by atoms with Gasteiger partial charge in [0.2, 0.25) is 5.89 Å². The maximum Gasteiger partial charge on any atom is 0.416 e. The molecular weight excluding hydrogens is 330 g/mol. The van der Waals surface area contributed by atoms with Crippen LogP contribution in [-0.2, 0) is 12.7 Å². The van der Waals surface area contributed by atoms with Crippen molar-refractivity contribution in [3.05, 3.63) is 53.0 Å². The highest BCUT2D eigenvalue weighted by Crippen LogP contribution is 2.30. The average Bonchev–Trinajstić information content (AvgIpc) is 3.00. The molecule has 9 heteroatoms. The second-order valence-corrected chi connectivity index (χ2v) is 5.11. The number of aromatic nitrogens is 1. The minimum absolute atomic E-state index is 0.0235. The molecule has 0 saturated heterocycles. The van der Waals surface area contributed by atoms with Crippen LogP contribution in [0.25, 0.3) is 0 Å². The molecule has 1 atom stereocenters. The van der Waals surface area contributed by atoms with E-state index < -0.39 is 29.5 Å². The summed E-state index contributed by atoms with van der Waals surface area (Å²) < 4.78 is 56.3. The molecule has 0 fully saturated rings. The molecular formula is C15H15F4N3O2. The molecule has 0 aliphatic rings. The van der Waals surface area contributed by atoms with Crippen LogP contribution in [0.2, 0.25) is 0 Å². The van der Waals surface area contributed by atoms with Crippen molar-refractivity contribution < 1.29 is 26.8 Å². The zero-order valence-electron chi connectivity index (χ0n) is 12.7. The number of benzene rings is 1. The summed E-state index contributed by atoms with van der Waals surface area (Å²) in [5.74, 6) is -1.51. The lowest BCUT2D eigenvalue weighted by Gasteiger charge is -2.10. The second-order valence-electron chi connectivity index (χ2n) is 5.11. The molecule has 0 bridgehead atoms. The molecule has 1 aromatic carbocycles. The molecule has 0 aliphatic carbocycles. The van der Waals surface area contributed by atoms with Gasteiger partial charge in [-0.1, -0.05) is 6.92 Å². The lowest BCUT2D eigenvalue weighted by atomic mass is 10.1. The van der Waals surface area contributed by atoms with Crippen LogP contribution < -0.4 is 11.1 Å². The maximum absolute atomic E-state index is 13.3. The Kier molecular flexibility index (Phi) is 5.23. The highest BCUT2D eigenvalue weighted by atomic mass is 19.4. The summed E-state index contributed by atoms with van der Waals surface area (Å²) in [6, 6.07) is 1.62. The molecule has 0 saturated carbocycles. The van der Waals surface area contributed by atoms with Crippen molar-refractivity contribution in [1.82, 2.24) is 10.3 Å². The van der Waals surface area contributed by atoms with E-state index in [9.17, 15) is 22.4 Å². The van der Waals surface area contributed by atoms with Crippen LogP contribution in [0.3, 0.4) is 0 Å². The number of alkyl halides is 3. The molecule has 0 radical (unpaired) electrons. The molecule has 0 spiro atoms. The number of halogens is 4. The minimum atomic E-state index is -4.67. The monoisotopic (exact) mass is 345 g/mol. The van der Waals surface area contributed by atoms with E-state index in [2.05, 4.69) is 10.3 Å². The summed E-state index contributed by atoms with van der Waals surface area (Å²) in [6.45, 7) is 1.53. The van der Waals surface area contributed by atoms with E-state index in [-0.39, 0.29) is 23.7 Å². The van der Waals surface area contributed by atoms with Crippen LogP contribution in [0.15, 0.2) is 28.9 Å². The quantitative estimate of drug-likeness (QED) is 0.816. The third-order valence-electron chi connectivity index (χ3n) is 3.25. The van der Waals surface area contributed by atoms with E-state index in [0.717, 1.165) is 18.4 Å². The van der Waals surface area contributed by atoms with Gasteiger partial charge in [0.25, 0.3) is 5.91 Å². The van der Waals surface area contributed by atoms with Crippen molar-refractivity contribution in [3.8, 4) is 0 Å². The van der Waals surface area contributed by atoms with E-state index >= 15 is 0 Å². The molecule has 130 valence electrons. The van der Waals surface area contributed by atoms with Gasteiger partial charge in [-0.25, -0.2) is 9.37 Å². The van der Waals surface area contributed by atoms with Crippen molar-refractivity contribution >= 4 is 5.91 Å². The van der Waals surface area contributed by atoms with Crippen molar-refractivity contribution in [2.24, 2.45) is 5.73 Å². The smallest absolute Gasteiger partial charge is 0.416 e. The SMILES string of the molecule is CCC(N)c1nc(C(=O)NCc2cc(F)cc(C(F)(F)F)c2)co1. The molecule has 2 rings (SSSR count). The predicted octanol–water partition coefficient (Wildman–Crippen LogP) is 3.17. The molecule has 3 N–H and O–H groups in total. The normalized spacial score (nSPS) is 12.9. The topological polar surface area (TPSA) is 81.1 Å². The van der Waals surface area contributed by atoms with Crippen LogP contribution in [0, 0.1) is 5.82 Å². The van der Waals surface area contributed by atoms with Crippen LogP contribution in [0.5, 0.6) is 0 Å². The molecule has 5 nitrogen and oxygen atoms in total. The Morgan fingerprint density at radius 1 is 1.38 bits per heavy atom. The summed E-state index contributed by atoms with van der Waals surface area (Å²) in [6.07, 6.45) is -3.00. The average molecular weight is 345 g/mol. The lowest BCUT2D eigenvalue weighted by Crippen LogP contribution is -2.23. The van der Waals surface area contributed by atoms with Crippen LogP contribution in [0.4, 0.5) is 17.6 Å². The van der Waals surface area contributed by atoms with Crippen molar-refractivity contribution in [3.63, 3.8) is 0 Å². The highest BCUT2D eigenvalue weighted by molar-refractivity contribution is 5.91. The van der Waals surface area contributed by atoms with Crippen molar-refractivity contribution in [2.45, 2.75) is 32.1 Å². The second kappa shape index (κ2) is 7.00. The van der Waals surface area contributed by atoms with Crippen LogP contribution in [-0.4, -0.2) is 10.9 Å². The molecule has 24 heavy (non-hydrogen) atoms. The summed E-state index contributed by atoms with van der Waals surface area (Å²) in [5, 5.41) is 2.36. The van der Waals surface area contributed by atoms with Gasteiger partial charge in [0.15, 0.2) is 5.69 Å². The third kappa shape index (κ3) is 4.31. The number of hydrogen-bond acceptors (Lipinski definition) is 4. The predicted molar refractivity (Wildman–Crippen MR) is 76.3 cm³/mol. The van der Waals surface area contributed by atoms with Crippen molar-refractivity contribution in [1.29, 1.82) is 0 Å². The number of oxazole rings is 1. The molecule has 1 aromatic heterocycles. The first-order valence-electron chi connectivity index (χ1n) is 7.06. The Morgan fingerprint density at radius 2 is 2.08 bits per heavy atom. The number of nitrogens with zero attached hydrogens (tertiary/aromatic N) is 1. The lowest BCUT2D eigenvalue weighted by molar-refractivity contribution is -0.137. The first-order chi connectivity index (χ1) is 11.2. The fraction of sp³-hybridized carbons (Fsp3) is 0.333. The number of hydrogen-bond donors (Lipinski definition) is 2. The van der Waals surface area contributed by atoms with Gasteiger partial charge in [0.05, 0.1) is 11.6 Å². The fourth-order valence-electron chi connectivity index (χ4n) is 1.93. The Labute approximate surface area is 134 Å². The molecule has 1 amide bonds. The first kappa shape index (κ1) is 17.9. The number of carbonyl (C=O) groups is 1. The molecule has 2 aromatic rings. The third-order valence-corrected chi connectivity index (χ3v) is 3.25.